The zero-order valence-corrected chi connectivity index (χ0v) is 23.7. The fourth-order valence-corrected chi connectivity index (χ4v) is 6.21. The van der Waals surface area contributed by atoms with E-state index >= 15 is 8.78 Å². The first-order chi connectivity index (χ1) is 20.8. The van der Waals surface area contributed by atoms with Gasteiger partial charge in [0.1, 0.15) is 29.7 Å². The van der Waals surface area contributed by atoms with Crippen molar-refractivity contribution in [2.45, 2.75) is 38.3 Å². The van der Waals surface area contributed by atoms with E-state index in [1.165, 1.54) is 28.8 Å². The third kappa shape index (κ3) is 4.31. The quantitative estimate of drug-likeness (QED) is 0.360. The Hall–Kier alpha value is -4.87. The number of nitrogens with zero attached hydrogens (tertiary/aromatic N) is 6. The number of carbonyl (C=O) groups excluding carboxylic acids is 1. The fraction of sp³-hybridized carbons (Fsp3) is 0.323. The molecule has 4 aromatic rings. The van der Waals surface area contributed by atoms with Crippen LogP contribution in [0.1, 0.15) is 31.9 Å². The van der Waals surface area contributed by atoms with Gasteiger partial charge in [-0.1, -0.05) is 26.5 Å². The molecular weight excluding hydrogens is 556 g/mol. The second kappa shape index (κ2) is 10.1. The maximum absolute atomic E-state index is 16.1. The smallest absolute Gasteiger partial charge is 0.355 e. The van der Waals surface area contributed by atoms with Crippen LogP contribution in [-0.2, 0) is 4.79 Å². The van der Waals surface area contributed by atoms with Crippen LogP contribution in [0.2, 0.25) is 0 Å². The van der Waals surface area contributed by atoms with E-state index in [0.717, 1.165) is 0 Å². The summed E-state index contributed by atoms with van der Waals surface area (Å²) in [6, 6.07) is 7.13. The lowest BCUT2D eigenvalue weighted by Gasteiger charge is -2.35. The minimum atomic E-state index is -0.783. The number of ether oxygens (including phenoxy) is 1. The zero-order valence-electron chi connectivity index (χ0n) is 23.7. The summed E-state index contributed by atoms with van der Waals surface area (Å²) >= 11 is 0. The number of halogens is 2. The van der Waals surface area contributed by atoms with E-state index in [9.17, 15) is 9.59 Å². The summed E-state index contributed by atoms with van der Waals surface area (Å²) in [6.45, 7) is 8.75. The van der Waals surface area contributed by atoms with Crippen molar-refractivity contribution in [2.24, 2.45) is 0 Å². The highest BCUT2D eigenvalue weighted by atomic mass is 19.1. The van der Waals surface area contributed by atoms with Gasteiger partial charge < -0.3 is 19.9 Å². The fourth-order valence-electron chi connectivity index (χ4n) is 6.21. The van der Waals surface area contributed by atoms with Crippen LogP contribution in [0.5, 0.6) is 5.75 Å². The van der Waals surface area contributed by atoms with Crippen molar-refractivity contribution >= 4 is 28.4 Å². The molecule has 2 bridgehead atoms. The van der Waals surface area contributed by atoms with Crippen LogP contribution >= 0.6 is 0 Å². The molecule has 0 unspecified atom stereocenters. The number of nitrogens with one attached hydrogen (secondary N) is 1. The third-order valence-electron chi connectivity index (χ3n) is 8.25. The lowest BCUT2D eigenvalue weighted by atomic mass is 10.1. The van der Waals surface area contributed by atoms with Crippen molar-refractivity contribution in [1.82, 2.24) is 24.4 Å². The normalized spacial score (nSPS) is 19.0. The van der Waals surface area contributed by atoms with Crippen LogP contribution in [0.3, 0.4) is 0 Å². The molecule has 1 saturated heterocycles. The van der Waals surface area contributed by atoms with Gasteiger partial charge in [0, 0.05) is 25.8 Å². The lowest BCUT2D eigenvalue weighted by molar-refractivity contribution is -0.126. The van der Waals surface area contributed by atoms with E-state index in [1.807, 2.05) is 18.7 Å². The Morgan fingerprint density at radius 1 is 1.16 bits per heavy atom. The second-order valence-electron chi connectivity index (χ2n) is 11.2. The molecule has 2 aliphatic heterocycles. The van der Waals surface area contributed by atoms with Crippen LogP contribution in [0.25, 0.3) is 28.0 Å². The van der Waals surface area contributed by atoms with Gasteiger partial charge in [-0.2, -0.15) is 4.98 Å². The topological polar surface area (TPSA) is 105 Å². The first-order valence-corrected chi connectivity index (χ1v) is 14.3. The molecule has 220 valence electrons. The molecule has 1 aliphatic carbocycles. The van der Waals surface area contributed by atoms with Crippen molar-refractivity contribution in [3.63, 3.8) is 0 Å². The summed E-state index contributed by atoms with van der Waals surface area (Å²) in [6.07, 6.45) is 3.63. The largest absolute Gasteiger partial charge is 0.491 e. The molecule has 7 rings (SSSR count). The molecule has 12 heteroatoms. The summed E-state index contributed by atoms with van der Waals surface area (Å²) in [7, 11) is 0. The van der Waals surface area contributed by atoms with Crippen LogP contribution < -0.4 is 20.6 Å². The van der Waals surface area contributed by atoms with Gasteiger partial charge in [-0.15, -0.1) is 0 Å². The molecule has 1 aromatic carbocycles. The van der Waals surface area contributed by atoms with Crippen molar-refractivity contribution in [3.05, 3.63) is 77.0 Å². The van der Waals surface area contributed by atoms with Crippen molar-refractivity contribution in [3.8, 4) is 22.7 Å². The Balaban J connectivity index is 1.53. The number of piperazine rings is 1. The van der Waals surface area contributed by atoms with Gasteiger partial charge in [0.2, 0.25) is 5.91 Å². The Kier molecular flexibility index (Phi) is 6.37. The van der Waals surface area contributed by atoms with E-state index in [4.69, 9.17) is 4.74 Å². The lowest BCUT2D eigenvalue weighted by Crippen LogP contribution is -2.49. The molecule has 43 heavy (non-hydrogen) atoms. The Labute approximate surface area is 245 Å². The van der Waals surface area contributed by atoms with E-state index < -0.39 is 17.3 Å². The Morgan fingerprint density at radius 2 is 2.00 bits per heavy atom. The summed E-state index contributed by atoms with van der Waals surface area (Å²) in [5, 5.41) is 3.61. The summed E-state index contributed by atoms with van der Waals surface area (Å²) < 4.78 is 38.7. The van der Waals surface area contributed by atoms with Crippen molar-refractivity contribution in [1.29, 1.82) is 0 Å². The Bertz CT molecular complexity index is 1870. The average Bonchev–Trinajstić information content (AvgIpc) is 3.79. The first kappa shape index (κ1) is 27.0. The minimum absolute atomic E-state index is 0.0618. The monoisotopic (exact) mass is 585 g/mol. The van der Waals surface area contributed by atoms with Crippen LogP contribution in [0, 0.1) is 11.6 Å². The highest BCUT2D eigenvalue weighted by Gasteiger charge is 2.51. The molecule has 2 fully saturated rings. The molecule has 3 aliphatic rings. The third-order valence-corrected chi connectivity index (χ3v) is 8.25. The number of aromatic nitrogens is 4. The van der Waals surface area contributed by atoms with Gasteiger partial charge in [-0.05, 0) is 42.7 Å². The van der Waals surface area contributed by atoms with Crippen LogP contribution in [-0.4, -0.2) is 68.7 Å². The number of hydrogen-bond donors (Lipinski definition) is 1. The van der Waals surface area contributed by atoms with E-state index in [-0.39, 0.29) is 64.4 Å². The highest BCUT2D eigenvalue weighted by Crippen LogP contribution is 2.42. The number of anilines is 2. The van der Waals surface area contributed by atoms with Gasteiger partial charge in [0.25, 0.3) is 0 Å². The molecule has 1 saturated carbocycles. The molecule has 10 nitrogen and oxygen atoms in total. The predicted molar refractivity (Wildman–Crippen MR) is 158 cm³/mol. The van der Waals surface area contributed by atoms with Gasteiger partial charge >= 0.3 is 5.69 Å². The van der Waals surface area contributed by atoms with Crippen molar-refractivity contribution < 1.29 is 18.3 Å². The van der Waals surface area contributed by atoms with Crippen LogP contribution in [0.4, 0.5) is 20.3 Å². The second-order valence-corrected chi connectivity index (χ2v) is 11.2. The summed E-state index contributed by atoms with van der Waals surface area (Å²) in [5.74, 6) is -1.32. The van der Waals surface area contributed by atoms with Crippen molar-refractivity contribution in [2.75, 3.05) is 36.5 Å². The highest BCUT2D eigenvalue weighted by molar-refractivity contribution is 5.92. The van der Waals surface area contributed by atoms with E-state index in [1.54, 1.807) is 23.2 Å². The van der Waals surface area contributed by atoms with E-state index in [2.05, 4.69) is 26.8 Å². The number of fused-ring (bicyclic) bond motifs is 6. The zero-order chi connectivity index (χ0) is 30.0. The molecule has 1 amide bonds. The summed E-state index contributed by atoms with van der Waals surface area (Å²) in [4.78, 5) is 43.9. The maximum Gasteiger partial charge on any atom is 0.355 e. The molecule has 5 heterocycles. The number of carbonyl (C=O) groups is 1. The number of hydrogen-bond acceptors (Lipinski definition) is 8. The van der Waals surface area contributed by atoms with Gasteiger partial charge in [0.15, 0.2) is 11.5 Å². The molecule has 2 atom stereocenters. The maximum atomic E-state index is 16.1. The molecular formula is C31H29F2N7O3. The SMILES string of the molecule is C=CC(=O)N1CCN(c2nc(=O)n3c4nc(c(F)cc24)-c2c(F)cccc2OCCNc2ccnc(C(C)C)c2-3)[C@H]2C[C@H]21. The molecule has 0 spiro atoms. The average molecular weight is 586 g/mol. The number of amides is 1. The molecule has 3 aromatic heterocycles. The Morgan fingerprint density at radius 3 is 2.79 bits per heavy atom. The van der Waals surface area contributed by atoms with Gasteiger partial charge in [0.05, 0.1) is 40.1 Å². The van der Waals surface area contributed by atoms with Gasteiger partial charge in [-0.3, -0.25) is 9.78 Å². The standard InChI is InChI=1S/C31H29F2N7O3/c1-4-24(41)38-11-12-39(22-15-21(22)38)29-17-14-19(33)27-25-18(32)6-5-7-23(25)43-13-10-34-20-8-9-35-26(16(2)3)28(20)40(30(17)36-27)31(42)37-29/h4-9,14,16,21-22,34H,1,10-13,15H2,2-3H3/t21-,22+/m1/s1. The van der Waals surface area contributed by atoms with E-state index in [0.29, 0.717) is 43.1 Å². The summed E-state index contributed by atoms with van der Waals surface area (Å²) in [5.41, 5.74) is 0.730. The van der Waals surface area contributed by atoms with Crippen LogP contribution in [0.15, 0.2) is 54.0 Å². The van der Waals surface area contributed by atoms with Gasteiger partial charge in [-0.25, -0.2) is 23.1 Å². The number of benzene rings is 1. The number of rotatable bonds is 3. The minimum Gasteiger partial charge on any atom is -0.491 e. The number of pyridine rings is 2. The predicted octanol–water partition coefficient (Wildman–Crippen LogP) is 4.02. The first-order valence-electron chi connectivity index (χ1n) is 14.3. The molecule has 0 radical (unpaired) electrons. The molecule has 1 N–H and O–H groups in total.